The molecule has 1 aromatic carbocycles. The molecule has 0 aliphatic heterocycles. The van der Waals surface area contributed by atoms with Crippen molar-refractivity contribution in [1.29, 1.82) is 0 Å². The van der Waals surface area contributed by atoms with Crippen molar-refractivity contribution < 1.29 is 9.72 Å². The molecule has 0 fully saturated rings. The quantitative estimate of drug-likeness (QED) is 0.646. The highest BCUT2D eigenvalue weighted by atomic mass is 32.1. The molecule has 0 bridgehead atoms. The van der Waals surface area contributed by atoms with Crippen LogP contribution in [0.5, 0.6) is 0 Å². The lowest BCUT2D eigenvalue weighted by Gasteiger charge is -2.16. The van der Waals surface area contributed by atoms with E-state index in [0.717, 1.165) is 10.6 Å². The third-order valence-electron chi connectivity index (χ3n) is 3.01. The van der Waals surface area contributed by atoms with Gasteiger partial charge in [0.1, 0.15) is 0 Å². The van der Waals surface area contributed by atoms with Gasteiger partial charge >= 0.3 is 6.03 Å². The summed E-state index contributed by atoms with van der Waals surface area (Å²) in [5.74, 6) is 0. The molecule has 0 radical (unpaired) electrons. The van der Waals surface area contributed by atoms with Gasteiger partial charge in [-0.3, -0.25) is 15.4 Å². The van der Waals surface area contributed by atoms with E-state index >= 15 is 0 Å². The van der Waals surface area contributed by atoms with Crippen LogP contribution in [0.1, 0.15) is 31.3 Å². The van der Waals surface area contributed by atoms with Gasteiger partial charge in [-0.1, -0.05) is 26.8 Å². The van der Waals surface area contributed by atoms with Gasteiger partial charge in [-0.05, 0) is 18.4 Å². The molecule has 1 aromatic heterocycles. The van der Waals surface area contributed by atoms with Crippen molar-refractivity contribution in [3.63, 3.8) is 0 Å². The fraction of sp³-hybridized carbons (Fsp3) is 0.333. The number of rotatable bonds is 3. The fourth-order valence-electron chi connectivity index (χ4n) is 2.10. The first kappa shape index (κ1) is 16.9. The number of aryl methyl sites for hydroxylation is 1. The predicted molar refractivity (Wildman–Crippen MR) is 91.3 cm³/mol. The zero-order valence-electron chi connectivity index (χ0n) is 13.3. The number of urea groups is 1. The van der Waals surface area contributed by atoms with Gasteiger partial charge in [0.15, 0.2) is 5.13 Å². The predicted octanol–water partition coefficient (Wildman–Crippen LogP) is 4.30. The lowest BCUT2D eigenvalue weighted by Crippen LogP contribution is -2.19. The van der Waals surface area contributed by atoms with E-state index in [1.165, 1.54) is 29.5 Å². The highest BCUT2D eigenvalue weighted by Crippen LogP contribution is 2.33. The van der Waals surface area contributed by atoms with Gasteiger partial charge in [0.2, 0.25) is 0 Å². The number of aromatic nitrogens is 1. The Kier molecular flexibility index (Phi) is 4.65. The number of anilines is 2. The minimum atomic E-state index is -0.511. The number of nitro groups is 1. The van der Waals surface area contributed by atoms with Gasteiger partial charge in [-0.2, -0.15) is 0 Å². The summed E-state index contributed by atoms with van der Waals surface area (Å²) < 4.78 is 0. The van der Waals surface area contributed by atoms with E-state index < -0.39 is 11.0 Å². The maximum absolute atomic E-state index is 12.0. The van der Waals surface area contributed by atoms with Gasteiger partial charge in [0, 0.05) is 22.7 Å². The molecule has 8 heteroatoms. The Morgan fingerprint density at radius 1 is 1.30 bits per heavy atom. The van der Waals surface area contributed by atoms with E-state index in [0.29, 0.717) is 10.8 Å². The fourth-order valence-corrected chi connectivity index (χ4v) is 3.12. The van der Waals surface area contributed by atoms with Crippen molar-refractivity contribution in [2.45, 2.75) is 33.1 Å². The number of amides is 2. The van der Waals surface area contributed by atoms with Crippen molar-refractivity contribution >= 4 is 33.9 Å². The number of benzene rings is 1. The summed E-state index contributed by atoms with van der Waals surface area (Å²) >= 11 is 1.42. The van der Waals surface area contributed by atoms with Crippen LogP contribution >= 0.6 is 11.3 Å². The van der Waals surface area contributed by atoms with Crippen LogP contribution in [0.4, 0.5) is 21.3 Å². The Balaban J connectivity index is 2.08. The summed E-state index contributed by atoms with van der Waals surface area (Å²) in [6.45, 7) is 8.15. The van der Waals surface area contributed by atoms with Crippen LogP contribution in [0.15, 0.2) is 24.3 Å². The first-order valence-electron chi connectivity index (χ1n) is 6.97. The van der Waals surface area contributed by atoms with Crippen molar-refractivity contribution in [1.82, 2.24) is 4.98 Å². The highest BCUT2D eigenvalue weighted by Gasteiger charge is 2.21. The van der Waals surface area contributed by atoms with Crippen molar-refractivity contribution in [2.24, 2.45) is 0 Å². The Bertz CT molecular complexity index is 749. The normalized spacial score (nSPS) is 11.1. The number of thiazole rings is 1. The SMILES string of the molecule is Cc1nc(NC(=O)Nc2cccc([N+](=O)[O-])c2)sc1C(C)(C)C. The lowest BCUT2D eigenvalue weighted by atomic mass is 9.94. The molecule has 0 atom stereocenters. The topological polar surface area (TPSA) is 97.2 Å². The molecule has 1 heterocycles. The number of hydrogen-bond acceptors (Lipinski definition) is 5. The van der Waals surface area contributed by atoms with Gasteiger partial charge < -0.3 is 5.32 Å². The van der Waals surface area contributed by atoms with Gasteiger partial charge in [-0.25, -0.2) is 9.78 Å². The number of nitrogens with zero attached hydrogens (tertiary/aromatic N) is 2. The number of nitro benzene ring substituents is 1. The van der Waals surface area contributed by atoms with E-state index in [1.807, 2.05) is 6.92 Å². The van der Waals surface area contributed by atoms with Crippen LogP contribution in [-0.2, 0) is 5.41 Å². The minimum absolute atomic E-state index is 0.0435. The smallest absolute Gasteiger partial charge is 0.307 e. The van der Waals surface area contributed by atoms with E-state index in [2.05, 4.69) is 36.4 Å². The summed E-state index contributed by atoms with van der Waals surface area (Å²) in [6, 6.07) is 5.27. The number of hydrogen-bond donors (Lipinski definition) is 2. The molecule has 23 heavy (non-hydrogen) atoms. The zero-order chi connectivity index (χ0) is 17.2. The second kappa shape index (κ2) is 6.33. The maximum Gasteiger partial charge on any atom is 0.325 e. The maximum atomic E-state index is 12.0. The largest absolute Gasteiger partial charge is 0.325 e. The van der Waals surface area contributed by atoms with Crippen LogP contribution in [-0.4, -0.2) is 15.9 Å². The van der Waals surface area contributed by atoms with Crippen LogP contribution in [0.3, 0.4) is 0 Å². The van der Waals surface area contributed by atoms with Crippen molar-refractivity contribution in [3.05, 3.63) is 45.0 Å². The molecule has 0 aliphatic carbocycles. The van der Waals surface area contributed by atoms with Gasteiger partial charge in [0.25, 0.3) is 5.69 Å². The summed E-state index contributed by atoms with van der Waals surface area (Å²) in [5, 5.41) is 16.5. The summed E-state index contributed by atoms with van der Waals surface area (Å²) in [6.07, 6.45) is 0. The van der Waals surface area contributed by atoms with E-state index in [9.17, 15) is 14.9 Å². The average molecular weight is 334 g/mol. The van der Waals surface area contributed by atoms with Crippen molar-refractivity contribution in [3.8, 4) is 0 Å². The molecule has 2 amide bonds. The Hall–Kier alpha value is -2.48. The van der Waals surface area contributed by atoms with Crippen LogP contribution in [0, 0.1) is 17.0 Å². The number of non-ortho nitro benzene ring substituents is 1. The molecule has 2 rings (SSSR count). The molecule has 7 nitrogen and oxygen atoms in total. The molecular weight excluding hydrogens is 316 g/mol. The third kappa shape index (κ3) is 4.26. The number of nitrogens with one attached hydrogen (secondary N) is 2. The molecule has 2 N–H and O–H groups in total. The monoisotopic (exact) mass is 334 g/mol. The van der Waals surface area contributed by atoms with Gasteiger partial charge in [-0.15, -0.1) is 11.3 Å². The van der Waals surface area contributed by atoms with Crippen LogP contribution < -0.4 is 10.6 Å². The average Bonchev–Trinajstić information content (AvgIpc) is 2.79. The first-order chi connectivity index (χ1) is 10.7. The van der Waals surface area contributed by atoms with E-state index in [1.54, 1.807) is 6.07 Å². The lowest BCUT2D eigenvalue weighted by molar-refractivity contribution is -0.384. The second-order valence-electron chi connectivity index (χ2n) is 6.07. The molecule has 0 saturated heterocycles. The van der Waals surface area contributed by atoms with Gasteiger partial charge in [0.05, 0.1) is 10.6 Å². The Morgan fingerprint density at radius 2 is 2.00 bits per heavy atom. The summed E-state index contributed by atoms with van der Waals surface area (Å²) in [5.41, 5.74) is 1.11. The molecular formula is C15H18N4O3S. The minimum Gasteiger partial charge on any atom is -0.307 e. The Morgan fingerprint density at radius 3 is 2.57 bits per heavy atom. The molecule has 0 saturated carbocycles. The standard InChI is InChI=1S/C15H18N4O3S/c1-9-12(15(2,3)4)23-14(16-9)18-13(20)17-10-6-5-7-11(8-10)19(21)22/h5-8H,1-4H3,(H2,16,17,18,20). The molecule has 0 aliphatic rings. The van der Waals surface area contributed by atoms with Crippen LogP contribution in [0.2, 0.25) is 0 Å². The summed E-state index contributed by atoms with van der Waals surface area (Å²) in [4.78, 5) is 27.7. The molecule has 122 valence electrons. The molecule has 2 aromatic rings. The number of carbonyl (C=O) groups excluding carboxylic acids is 1. The number of carbonyl (C=O) groups is 1. The summed E-state index contributed by atoms with van der Waals surface area (Å²) in [7, 11) is 0. The van der Waals surface area contributed by atoms with Crippen molar-refractivity contribution in [2.75, 3.05) is 10.6 Å². The second-order valence-corrected chi connectivity index (χ2v) is 7.07. The molecule has 0 unspecified atom stereocenters. The zero-order valence-corrected chi connectivity index (χ0v) is 14.2. The van der Waals surface area contributed by atoms with Crippen LogP contribution in [0.25, 0.3) is 0 Å². The van der Waals surface area contributed by atoms with E-state index in [4.69, 9.17) is 0 Å². The third-order valence-corrected chi connectivity index (χ3v) is 4.51. The van der Waals surface area contributed by atoms with E-state index in [-0.39, 0.29) is 11.1 Å². The highest BCUT2D eigenvalue weighted by molar-refractivity contribution is 7.16. The first-order valence-corrected chi connectivity index (χ1v) is 7.79. The Labute approximate surface area is 137 Å². The molecule has 0 spiro atoms.